The van der Waals surface area contributed by atoms with Crippen molar-refractivity contribution >= 4 is 17.4 Å². The minimum absolute atomic E-state index is 0.0819. The maximum atomic E-state index is 13.1. The number of aryl methyl sites for hydroxylation is 1. The van der Waals surface area contributed by atoms with Crippen LogP contribution in [0, 0.1) is 0 Å². The quantitative estimate of drug-likeness (QED) is 0.213. The van der Waals surface area contributed by atoms with E-state index in [-0.39, 0.29) is 11.3 Å². The van der Waals surface area contributed by atoms with E-state index >= 15 is 0 Å². The van der Waals surface area contributed by atoms with Gasteiger partial charge in [-0.3, -0.25) is 14.6 Å². The summed E-state index contributed by atoms with van der Waals surface area (Å²) in [5, 5.41) is 11.0. The van der Waals surface area contributed by atoms with Gasteiger partial charge in [0, 0.05) is 43.4 Å². The Bertz CT molecular complexity index is 1140. The predicted molar refractivity (Wildman–Crippen MR) is 127 cm³/mol. The summed E-state index contributed by atoms with van der Waals surface area (Å²) in [6.07, 6.45) is 11.0. The second kappa shape index (κ2) is 10.8. The van der Waals surface area contributed by atoms with Crippen LogP contribution < -0.4 is 4.74 Å². The maximum absolute atomic E-state index is 13.1. The van der Waals surface area contributed by atoms with Crippen molar-refractivity contribution in [2.24, 2.45) is 0 Å². The summed E-state index contributed by atoms with van der Waals surface area (Å²) in [5.74, 6) is -0.783. The Morgan fingerprint density at radius 3 is 2.44 bits per heavy atom. The number of unbranched alkanes of at least 4 members (excludes halogenated alkanes) is 1. The Morgan fingerprint density at radius 2 is 1.76 bits per heavy atom. The molecule has 8 heteroatoms. The standard InChI is InChI=1S/C26H28N4O4/c1-2-3-17-34-21-7-5-19(6-8-21)23-22(24(31)20-9-11-27-12-10-20)25(32)26(33)30(23)15-4-14-29-16-13-28-18-29/h5-13,16,18,23,31H,2-4,14-15,17H2,1H3/b24-22+. The Hall–Kier alpha value is -3.94. The molecule has 2 aromatic heterocycles. The monoisotopic (exact) mass is 460 g/mol. The fourth-order valence-corrected chi connectivity index (χ4v) is 4.05. The number of Topliss-reactive ketones (excluding diaryl/α,β-unsaturated/α-hetero) is 1. The highest BCUT2D eigenvalue weighted by Crippen LogP contribution is 2.39. The molecule has 1 unspecified atom stereocenters. The second-order valence-corrected chi connectivity index (χ2v) is 8.15. The van der Waals surface area contributed by atoms with Crippen LogP contribution in [-0.4, -0.2) is 49.4 Å². The maximum Gasteiger partial charge on any atom is 0.295 e. The van der Waals surface area contributed by atoms with E-state index in [1.54, 1.807) is 29.6 Å². The molecule has 3 aromatic rings. The molecule has 1 aliphatic rings. The topological polar surface area (TPSA) is 97.5 Å². The predicted octanol–water partition coefficient (Wildman–Crippen LogP) is 3.97. The Labute approximate surface area is 198 Å². The van der Waals surface area contributed by atoms with Crippen molar-refractivity contribution in [3.8, 4) is 5.75 Å². The average molecular weight is 461 g/mol. The first-order chi connectivity index (χ1) is 16.6. The molecule has 0 radical (unpaired) electrons. The van der Waals surface area contributed by atoms with E-state index in [4.69, 9.17) is 4.74 Å². The summed E-state index contributed by atoms with van der Waals surface area (Å²) >= 11 is 0. The highest BCUT2D eigenvalue weighted by Gasteiger charge is 2.45. The lowest BCUT2D eigenvalue weighted by Gasteiger charge is -2.25. The van der Waals surface area contributed by atoms with E-state index in [1.807, 2.05) is 35.0 Å². The van der Waals surface area contributed by atoms with Gasteiger partial charge in [0.25, 0.3) is 11.7 Å². The van der Waals surface area contributed by atoms with Crippen LogP contribution in [0.5, 0.6) is 5.75 Å². The van der Waals surface area contributed by atoms with Gasteiger partial charge in [0.2, 0.25) is 0 Å². The zero-order valence-electron chi connectivity index (χ0n) is 19.1. The number of likely N-dealkylation sites (tertiary alicyclic amines) is 1. The summed E-state index contributed by atoms with van der Waals surface area (Å²) in [4.78, 5) is 35.7. The van der Waals surface area contributed by atoms with Crippen LogP contribution >= 0.6 is 0 Å². The molecule has 34 heavy (non-hydrogen) atoms. The number of nitrogens with zero attached hydrogens (tertiary/aromatic N) is 4. The Balaban J connectivity index is 1.66. The lowest BCUT2D eigenvalue weighted by molar-refractivity contribution is -0.139. The van der Waals surface area contributed by atoms with E-state index in [9.17, 15) is 14.7 Å². The molecule has 0 spiro atoms. The molecule has 1 aliphatic heterocycles. The van der Waals surface area contributed by atoms with Gasteiger partial charge in [0.15, 0.2) is 0 Å². The molecule has 0 bridgehead atoms. The summed E-state index contributed by atoms with van der Waals surface area (Å²) in [7, 11) is 0. The van der Waals surface area contributed by atoms with Gasteiger partial charge in [-0.2, -0.15) is 0 Å². The minimum Gasteiger partial charge on any atom is -0.507 e. The van der Waals surface area contributed by atoms with Crippen molar-refractivity contribution in [3.05, 3.63) is 84.2 Å². The number of ketones is 1. The summed E-state index contributed by atoms with van der Waals surface area (Å²) in [6, 6.07) is 9.90. The number of ether oxygens (including phenoxy) is 1. The van der Waals surface area contributed by atoms with Crippen molar-refractivity contribution in [1.29, 1.82) is 0 Å². The van der Waals surface area contributed by atoms with Gasteiger partial charge < -0.3 is 19.3 Å². The number of rotatable bonds is 10. The summed E-state index contributed by atoms with van der Waals surface area (Å²) < 4.78 is 7.68. The highest BCUT2D eigenvalue weighted by molar-refractivity contribution is 6.46. The van der Waals surface area contributed by atoms with Crippen LogP contribution in [0.4, 0.5) is 0 Å². The number of benzene rings is 1. The number of aliphatic hydroxyl groups is 1. The van der Waals surface area contributed by atoms with Gasteiger partial charge in [-0.15, -0.1) is 0 Å². The van der Waals surface area contributed by atoms with Crippen LogP contribution in [0.3, 0.4) is 0 Å². The first-order valence-electron chi connectivity index (χ1n) is 11.5. The third kappa shape index (κ3) is 5.01. The lowest BCUT2D eigenvalue weighted by Crippen LogP contribution is -2.31. The van der Waals surface area contributed by atoms with Crippen molar-refractivity contribution < 1.29 is 19.4 Å². The van der Waals surface area contributed by atoms with Crippen LogP contribution in [0.15, 0.2) is 73.1 Å². The van der Waals surface area contributed by atoms with Crippen LogP contribution in [0.1, 0.15) is 43.4 Å². The van der Waals surface area contributed by atoms with Crippen molar-refractivity contribution in [1.82, 2.24) is 19.4 Å². The number of pyridine rings is 1. The van der Waals surface area contributed by atoms with Gasteiger partial charge >= 0.3 is 0 Å². The number of hydrogen-bond acceptors (Lipinski definition) is 6. The number of aliphatic hydroxyl groups excluding tert-OH is 1. The van der Waals surface area contributed by atoms with E-state index in [2.05, 4.69) is 16.9 Å². The molecule has 1 fully saturated rings. The third-order valence-electron chi connectivity index (χ3n) is 5.83. The molecule has 1 aromatic carbocycles. The summed E-state index contributed by atoms with van der Waals surface area (Å²) in [6.45, 7) is 3.75. The molecule has 1 saturated heterocycles. The molecular formula is C26H28N4O4. The van der Waals surface area contributed by atoms with Crippen molar-refractivity contribution in [3.63, 3.8) is 0 Å². The van der Waals surface area contributed by atoms with Crippen molar-refractivity contribution in [2.75, 3.05) is 13.2 Å². The first-order valence-corrected chi connectivity index (χ1v) is 11.5. The highest BCUT2D eigenvalue weighted by atomic mass is 16.5. The second-order valence-electron chi connectivity index (χ2n) is 8.15. The Kier molecular flexibility index (Phi) is 7.37. The zero-order valence-corrected chi connectivity index (χ0v) is 19.1. The van der Waals surface area contributed by atoms with Crippen molar-refractivity contribution in [2.45, 2.75) is 38.8 Å². The Morgan fingerprint density at radius 1 is 1.00 bits per heavy atom. The first kappa shape index (κ1) is 23.2. The van der Waals surface area contributed by atoms with Gasteiger partial charge in [-0.1, -0.05) is 25.5 Å². The van der Waals surface area contributed by atoms with Gasteiger partial charge in [-0.25, -0.2) is 4.98 Å². The molecule has 1 amide bonds. The normalized spacial score (nSPS) is 17.3. The van der Waals surface area contributed by atoms with Crippen LogP contribution in [-0.2, 0) is 16.1 Å². The van der Waals surface area contributed by atoms with Crippen LogP contribution in [0.2, 0.25) is 0 Å². The molecule has 3 heterocycles. The number of aromatic nitrogens is 3. The molecule has 4 rings (SSSR count). The number of carbonyl (C=O) groups excluding carboxylic acids is 2. The molecular weight excluding hydrogens is 432 g/mol. The molecule has 8 nitrogen and oxygen atoms in total. The van der Waals surface area contributed by atoms with Gasteiger partial charge in [-0.05, 0) is 42.7 Å². The number of carbonyl (C=O) groups is 2. The van der Waals surface area contributed by atoms with Gasteiger partial charge in [0.1, 0.15) is 11.5 Å². The van der Waals surface area contributed by atoms with Gasteiger partial charge in [0.05, 0.1) is 24.5 Å². The molecule has 1 atom stereocenters. The largest absolute Gasteiger partial charge is 0.507 e. The zero-order chi connectivity index (χ0) is 23.9. The fourth-order valence-electron chi connectivity index (χ4n) is 4.05. The van der Waals surface area contributed by atoms with Crippen LogP contribution in [0.25, 0.3) is 5.76 Å². The fraction of sp³-hybridized carbons (Fsp3) is 0.308. The third-order valence-corrected chi connectivity index (χ3v) is 5.83. The molecule has 176 valence electrons. The van der Waals surface area contributed by atoms with E-state index in [0.717, 1.165) is 24.2 Å². The number of hydrogen-bond donors (Lipinski definition) is 1. The minimum atomic E-state index is -0.694. The van der Waals surface area contributed by atoms with E-state index in [0.29, 0.717) is 31.7 Å². The average Bonchev–Trinajstić information content (AvgIpc) is 3.47. The molecule has 0 saturated carbocycles. The van der Waals surface area contributed by atoms with E-state index < -0.39 is 17.7 Å². The molecule has 1 N–H and O–H groups in total. The smallest absolute Gasteiger partial charge is 0.295 e. The lowest BCUT2D eigenvalue weighted by atomic mass is 9.95. The van der Waals surface area contributed by atoms with E-state index in [1.165, 1.54) is 12.4 Å². The summed E-state index contributed by atoms with van der Waals surface area (Å²) in [5.41, 5.74) is 1.26. The number of amides is 1. The number of imidazole rings is 1. The molecule has 0 aliphatic carbocycles. The SMILES string of the molecule is CCCCOc1ccc(C2/C(=C(\O)c3ccncc3)C(=O)C(=O)N2CCCn2ccnc2)cc1.